The second-order valence-electron chi connectivity index (χ2n) is 4.37. The van der Waals surface area contributed by atoms with Crippen LogP contribution in [0.15, 0.2) is 24.4 Å². The van der Waals surface area contributed by atoms with Crippen molar-refractivity contribution >= 4 is 28.5 Å². The number of rotatable bonds is 3. The van der Waals surface area contributed by atoms with E-state index in [0.29, 0.717) is 23.0 Å². The molecule has 6 nitrogen and oxygen atoms in total. The molecule has 7 heteroatoms. The van der Waals surface area contributed by atoms with Gasteiger partial charge < -0.3 is 10.6 Å². The molecule has 0 aliphatic rings. The van der Waals surface area contributed by atoms with Crippen molar-refractivity contribution in [2.24, 2.45) is 0 Å². The van der Waals surface area contributed by atoms with Crippen LogP contribution in [0.25, 0.3) is 11.0 Å². The van der Waals surface area contributed by atoms with Crippen LogP contribution in [-0.4, -0.2) is 27.2 Å². The van der Waals surface area contributed by atoms with Gasteiger partial charge in [-0.2, -0.15) is 15.1 Å². The number of hydrogen-bond acceptors (Lipinski definition) is 5. The van der Waals surface area contributed by atoms with Crippen LogP contribution in [0.3, 0.4) is 0 Å². The monoisotopic (exact) mass is 272 g/mol. The second kappa shape index (κ2) is 4.76. The number of fused-ring (bicyclic) bond motifs is 1. The average Bonchev–Trinajstić information content (AvgIpc) is 2.91. The van der Waals surface area contributed by atoms with Gasteiger partial charge in [-0.15, -0.1) is 0 Å². The van der Waals surface area contributed by atoms with Gasteiger partial charge in [0.1, 0.15) is 11.6 Å². The first-order chi connectivity index (χ1) is 9.67. The highest BCUT2D eigenvalue weighted by Crippen LogP contribution is 2.24. The number of benzene rings is 1. The summed E-state index contributed by atoms with van der Waals surface area (Å²) < 4.78 is 13.3. The van der Waals surface area contributed by atoms with Gasteiger partial charge >= 0.3 is 0 Å². The minimum atomic E-state index is -0.234. The topological polar surface area (TPSA) is 78.5 Å². The first-order valence-corrected chi connectivity index (χ1v) is 6.09. The fourth-order valence-electron chi connectivity index (χ4n) is 1.90. The van der Waals surface area contributed by atoms with E-state index in [1.165, 1.54) is 6.07 Å². The Labute approximate surface area is 114 Å². The number of hydrogen-bond donors (Lipinski definition) is 3. The molecule has 2 heterocycles. The van der Waals surface area contributed by atoms with E-state index >= 15 is 0 Å². The predicted octanol–water partition coefficient (Wildman–Crippen LogP) is 2.59. The van der Waals surface area contributed by atoms with Gasteiger partial charge in [0.15, 0.2) is 5.65 Å². The lowest BCUT2D eigenvalue weighted by Crippen LogP contribution is -2.01. The maximum atomic E-state index is 13.3. The van der Waals surface area contributed by atoms with Crippen molar-refractivity contribution in [1.82, 2.24) is 20.2 Å². The van der Waals surface area contributed by atoms with Crippen molar-refractivity contribution < 1.29 is 4.39 Å². The Morgan fingerprint density at radius 2 is 2.10 bits per heavy atom. The lowest BCUT2D eigenvalue weighted by Gasteiger charge is -2.09. The van der Waals surface area contributed by atoms with Crippen molar-refractivity contribution in [3.05, 3.63) is 35.8 Å². The molecule has 0 spiro atoms. The quantitative estimate of drug-likeness (QED) is 0.683. The zero-order chi connectivity index (χ0) is 14.1. The van der Waals surface area contributed by atoms with E-state index in [1.54, 1.807) is 32.3 Å². The Morgan fingerprint density at radius 1 is 1.25 bits per heavy atom. The number of nitrogens with zero attached hydrogens (tertiary/aromatic N) is 3. The van der Waals surface area contributed by atoms with Crippen LogP contribution in [0.4, 0.5) is 21.8 Å². The summed E-state index contributed by atoms with van der Waals surface area (Å²) in [4.78, 5) is 8.60. The highest BCUT2D eigenvalue weighted by atomic mass is 19.1. The molecule has 20 heavy (non-hydrogen) atoms. The van der Waals surface area contributed by atoms with Gasteiger partial charge in [0.25, 0.3) is 0 Å². The Morgan fingerprint density at radius 3 is 2.85 bits per heavy atom. The summed E-state index contributed by atoms with van der Waals surface area (Å²) in [5, 5.41) is 13.6. The molecule has 0 saturated carbocycles. The van der Waals surface area contributed by atoms with Gasteiger partial charge in [0.2, 0.25) is 5.95 Å². The van der Waals surface area contributed by atoms with E-state index < -0.39 is 0 Å². The van der Waals surface area contributed by atoms with Crippen LogP contribution >= 0.6 is 0 Å². The molecule has 3 aromatic rings. The molecule has 0 fully saturated rings. The molecule has 1 aromatic carbocycles. The van der Waals surface area contributed by atoms with Crippen molar-refractivity contribution in [3.8, 4) is 0 Å². The molecule has 0 aliphatic carbocycles. The van der Waals surface area contributed by atoms with Crippen LogP contribution in [0, 0.1) is 12.7 Å². The lowest BCUT2D eigenvalue weighted by molar-refractivity contribution is 0.619. The number of aromatic nitrogens is 4. The third kappa shape index (κ3) is 2.13. The normalized spacial score (nSPS) is 10.8. The molecule has 0 radical (unpaired) electrons. The Hall–Kier alpha value is -2.70. The highest BCUT2D eigenvalue weighted by molar-refractivity contribution is 5.89. The Bertz CT molecular complexity index is 767. The van der Waals surface area contributed by atoms with Crippen LogP contribution in [0.1, 0.15) is 5.56 Å². The van der Waals surface area contributed by atoms with E-state index in [1.807, 2.05) is 0 Å². The van der Waals surface area contributed by atoms with Crippen molar-refractivity contribution in [3.63, 3.8) is 0 Å². The molecule has 0 amide bonds. The van der Waals surface area contributed by atoms with Crippen LogP contribution in [-0.2, 0) is 0 Å². The zero-order valence-corrected chi connectivity index (χ0v) is 11.0. The van der Waals surface area contributed by atoms with E-state index in [9.17, 15) is 4.39 Å². The van der Waals surface area contributed by atoms with E-state index in [0.717, 1.165) is 11.1 Å². The summed E-state index contributed by atoms with van der Waals surface area (Å²) in [5.74, 6) is 0.852. The maximum Gasteiger partial charge on any atom is 0.226 e. The molecular formula is C13H13FN6. The molecule has 0 bridgehead atoms. The second-order valence-corrected chi connectivity index (χ2v) is 4.37. The van der Waals surface area contributed by atoms with Crippen LogP contribution in [0.5, 0.6) is 0 Å². The zero-order valence-electron chi connectivity index (χ0n) is 11.0. The molecule has 0 unspecified atom stereocenters. The highest BCUT2D eigenvalue weighted by Gasteiger charge is 2.09. The van der Waals surface area contributed by atoms with E-state index in [2.05, 4.69) is 30.8 Å². The minimum Gasteiger partial charge on any atom is -0.357 e. The third-order valence-corrected chi connectivity index (χ3v) is 2.95. The number of anilines is 3. The van der Waals surface area contributed by atoms with E-state index in [4.69, 9.17) is 0 Å². The summed E-state index contributed by atoms with van der Waals surface area (Å²) >= 11 is 0. The number of halogens is 1. The molecule has 2 aromatic heterocycles. The predicted molar refractivity (Wildman–Crippen MR) is 75.7 cm³/mol. The van der Waals surface area contributed by atoms with E-state index in [-0.39, 0.29) is 5.82 Å². The number of aryl methyl sites for hydroxylation is 1. The molecule has 102 valence electrons. The largest absolute Gasteiger partial charge is 0.357 e. The third-order valence-electron chi connectivity index (χ3n) is 2.95. The van der Waals surface area contributed by atoms with Crippen molar-refractivity contribution in [2.45, 2.75) is 6.92 Å². The van der Waals surface area contributed by atoms with Crippen molar-refractivity contribution in [2.75, 3.05) is 17.7 Å². The molecule has 3 N–H and O–H groups in total. The smallest absolute Gasteiger partial charge is 0.226 e. The summed E-state index contributed by atoms with van der Waals surface area (Å²) in [6.45, 7) is 1.72. The maximum absolute atomic E-state index is 13.3. The summed E-state index contributed by atoms with van der Waals surface area (Å²) in [6.07, 6.45) is 1.65. The summed E-state index contributed by atoms with van der Waals surface area (Å²) in [6, 6.07) is 4.81. The van der Waals surface area contributed by atoms with Crippen LogP contribution in [0.2, 0.25) is 0 Å². The summed E-state index contributed by atoms with van der Waals surface area (Å²) in [5.41, 5.74) is 1.96. The van der Waals surface area contributed by atoms with Gasteiger partial charge in [-0.05, 0) is 30.7 Å². The molecule has 0 atom stereocenters. The number of H-pyrrole nitrogens is 1. The number of nitrogens with one attached hydrogen (secondary N) is 3. The van der Waals surface area contributed by atoms with Gasteiger partial charge in [-0.3, -0.25) is 5.10 Å². The fourth-order valence-corrected chi connectivity index (χ4v) is 1.90. The van der Waals surface area contributed by atoms with Crippen molar-refractivity contribution in [1.29, 1.82) is 0 Å². The van der Waals surface area contributed by atoms with Crippen LogP contribution < -0.4 is 10.6 Å². The molecule has 3 rings (SSSR count). The van der Waals surface area contributed by atoms with Gasteiger partial charge in [0, 0.05) is 12.7 Å². The summed E-state index contributed by atoms with van der Waals surface area (Å²) in [7, 11) is 1.74. The Balaban J connectivity index is 2.04. The lowest BCUT2D eigenvalue weighted by atomic mass is 10.2. The molecule has 0 aliphatic heterocycles. The van der Waals surface area contributed by atoms with Gasteiger partial charge in [0.05, 0.1) is 11.6 Å². The minimum absolute atomic E-state index is 0.234. The SMILES string of the molecule is CNc1nc(Nc2ccc(F)c(C)c2)c2cn[nH]c2n1. The fraction of sp³-hybridized carbons (Fsp3) is 0.154. The average molecular weight is 272 g/mol. The van der Waals surface area contributed by atoms with Gasteiger partial charge in [-0.25, -0.2) is 4.39 Å². The molecular weight excluding hydrogens is 259 g/mol. The Kier molecular flexibility index (Phi) is 2.94. The first kappa shape index (κ1) is 12.3. The number of aromatic amines is 1. The first-order valence-electron chi connectivity index (χ1n) is 6.09. The molecule has 0 saturated heterocycles. The standard InChI is InChI=1S/C13H13FN6/c1-7-5-8(3-4-10(7)14)17-11-9-6-16-20-12(9)19-13(15-2)18-11/h3-6H,1-2H3,(H3,15,16,17,18,19,20). The van der Waals surface area contributed by atoms with Gasteiger partial charge in [-0.1, -0.05) is 0 Å².